The Kier molecular flexibility index (Phi) is 2.53. The van der Waals surface area contributed by atoms with Gasteiger partial charge in [-0.2, -0.15) is 5.26 Å². The van der Waals surface area contributed by atoms with Gasteiger partial charge in [-0.1, -0.05) is 0 Å². The first-order chi connectivity index (χ1) is 6.99. The highest BCUT2D eigenvalue weighted by Crippen LogP contribution is 2.27. The number of hydrogen-bond donors (Lipinski definition) is 2. The minimum Gasteiger partial charge on any atom is -0.477 e. The molecule has 0 bridgehead atoms. The number of nitro benzene ring substituents is 1. The highest BCUT2D eigenvalue weighted by molar-refractivity contribution is 5.99. The predicted octanol–water partition coefficient (Wildman–Crippen LogP) is 0.747. The van der Waals surface area contributed by atoms with E-state index in [2.05, 4.69) is 0 Å². The summed E-state index contributed by atoms with van der Waals surface area (Å²) in [4.78, 5) is 20.3. The summed E-state index contributed by atoms with van der Waals surface area (Å²) >= 11 is 0. The van der Waals surface area contributed by atoms with Crippen molar-refractivity contribution >= 4 is 17.3 Å². The third kappa shape index (κ3) is 1.68. The number of nitrogens with zero attached hydrogens (tertiary/aromatic N) is 2. The van der Waals surface area contributed by atoms with Crippen LogP contribution in [0.25, 0.3) is 0 Å². The third-order valence-electron chi connectivity index (χ3n) is 1.75. The number of carbonyl (C=O) groups is 1. The Morgan fingerprint density at radius 1 is 1.60 bits per heavy atom. The zero-order valence-corrected chi connectivity index (χ0v) is 7.30. The summed E-state index contributed by atoms with van der Waals surface area (Å²) in [5, 5.41) is 27.8. The average molecular weight is 207 g/mol. The largest absolute Gasteiger partial charge is 0.477 e. The summed E-state index contributed by atoms with van der Waals surface area (Å²) in [6.45, 7) is 0. The van der Waals surface area contributed by atoms with Gasteiger partial charge < -0.3 is 10.8 Å². The van der Waals surface area contributed by atoms with E-state index in [0.29, 0.717) is 0 Å². The van der Waals surface area contributed by atoms with E-state index in [4.69, 9.17) is 16.1 Å². The molecule has 0 fully saturated rings. The maximum atomic E-state index is 10.7. The number of carboxylic acids is 1. The van der Waals surface area contributed by atoms with Crippen molar-refractivity contribution in [3.05, 3.63) is 33.4 Å². The van der Waals surface area contributed by atoms with Crippen molar-refractivity contribution in [3.63, 3.8) is 0 Å². The van der Waals surface area contributed by atoms with Gasteiger partial charge in [0.2, 0.25) is 0 Å². The summed E-state index contributed by atoms with van der Waals surface area (Å²) < 4.78 is 0. The molecule has 3 N–H and O–H groups in total. The molecular weight excluding hydrogens is 202 g/mol. The summed E-state index contributed by atoms with van der Waals surface area (Å²) in [6, 6.07) is 3.70. The molecule has 7 nitrogen and oxygen atoms in total. The quantitative estimate of drug-likeness (QED) is 0.418. The first-order valence-corrected chi connectivity index (χ1v) is 3.69. The lowest BCUT2D eigenvalue weighted by Crippen LogP contribution is -2.08. The molecule has 0 atom stereocenters. The molecule has 0 saturated heterocycles. The lowest BCUT2D eigenvalue weighted by Gasteiger charge is -2.02. The Morgan fingerprint density at radius 2 is 2.20 bits per heavy atom. The Balaban J connectivity index is 3.60. The summed E-state index contributed by atoms with van der Waals surface area (Å²) in [5.74, 6) is -1.53. The van der Waals surface area contributed by atoms with E-state index in [9.17, 15) is 14.9 Å². The summed E-state index contributed by atoms with van der Waals surface area (Å²) in [7, 11) is 0. The van der Waals surface area contributed by atoms with Crippen LogP contribution in [0.2, 0.25) is 0 Å². The highest BCUT2D eigenvalue weighted by Gasteiger charge is 2.24. The van der Waals surface area contributed by atoms with Crippen molar-refractivity contribution in [3.8, 4) is 6.07 Å². The van der Waals surface area contributed by atoms with Crippen LogP contribution in [0.3, 0.4) is 0 Å². The molecule has 0 amide bonds. The maximum Gasteiger partial charge on any atom is 0.344 e. The molecule has 1 aromatic rings. The fourth-order valence-electron chi connectivity index (χ4n) is 1.08. The van der Waals surface area contributed by atoms with Gasteiger partial charge in [0, 0.05) is 6.07 Å². The van der Waals surface area contributed by atoms with Gasteiger partial charge in [-0.25, -0.2) is 4.79 Å². The number of aromatic carboxylic acids is 1. The standard InChI is InChI=1S/C8H5N3O4/c9-3-4-1-2-5(11(14)15)6(7(4)10)8(12)13/h1-2H,10H2,(H,12,13). The molecule has 7 heteroatoms. The van der Waals surface area contributed by atoms with Crippen LogP contribution >= 0.6 is 0 Å². The Labute approximate surface area is 83.5 Å². The number of benzene rings is 1. The van der Waals surface area contributed by atoms with Crippen LogP contribution in [-0.4, -0.2) is 16.0 Å². The third-order valence-corrected chi connectivity index (χ3v) is 1.75. The van der Waals surface area contributed by atoms with Crippen molar-refractivity contribution in [2.75, 3.05) is 5.73 Å². The van der Waals surface area contributed by atoms with Crippen molar-refractivity contribution in [1.29, 1.82) is 5.26 Å². The van der Waals surface area contributed by atoms with Gasteiger partial charge >= 0.3 is 5.97 Å². The van der Waals surface area contributed by atoms with Gasteiger partial charge in [-0.15, -0.1) is 0 Å². The molecule has 0 aliphatic rings. The normalized spacial score (nSPS) is 9.27. The molecule has 1 aromatic carbocycles. The number of carboxylic acid groups (broad SMARTS) is 1. The molecule has 76 valence electrons. The molecular formula is C8H5N3O4. The van der Waals surface area contributed by atoms with Gasteiger partial charge in [0.1, 0.15) is 6.07 Å². The molecule has 0 spiro atoms. The molecule has 0 aromatic heterocycles. The van der Waals surface area contributed by atoms with Gasteiger partial charge in [-0.05, 0) is 6.07 Å². The van der Waals surface area contributed by atoms with E-state index in [1.165, 1.54) is 0 Å². The number of nitrogens with two attached hydrogens (primary N) is 1. The minimum absolute atomic E-state index is 0.0991. The van der Waals surface area contributed by atoms with E-state index >= 15 is 0 Å². The van der Waals surface area contributed by atoms with Crippen LogP contribution in [0.15, 0.2) is 12.1 Å². The van der Waals surface area contributed by atoms with Gasteiger partial charge in [0.15, 0.2) is 5.56 Å². The summed E-state index contributed by atoms with van der Waals surface area (Å²) in [5.41, 5.74) is 3.56. The van der Waals surface area contributed by atoms with E-state index in [0.717, 1.165) is 12.1 Å². The molecule has 1 rings (SSSR count). The predicted molar refractivity (Wildman–Crippen MR) is 49.2 cm³/mol. The van der Waals surface area contributed by atoms with Crippen LogP contribution in [0.4, 0.5) is 11.4 Å². The molecule has 0 aliphatic heterocycles. The van der Waals surface area contributed by atoms with Crippen molar-refractivity contribution < 1.29 is 14.8 Å². The number of rotatable bonds is 2. The fraction of sp³-hybridized carbons (Fsp3) is 0. The van der Waals surface area contributed by atoms with Crippen LogP contribution in [0, 0.1) is 21.4 Å². The van der Waals surface area contributed by atoms with Crippen LogP contribution in [-0.2, 0) is 0 Å². The lowest BCUT2D eigenvalue weighted by molar-refractivity contribution is -0.385. The zero-order chi connectivity index (χ0) is 11.6. The second-order valence-electron chi connectivity index (χ2n) is 2.59. The Hall–Kier alpha value is -2.62. The first-order valence-electron chi connectivity index (χ1n) is 3.69. The number of hydrogen-bond acceptors (Lipinski definition) is 5. The SMILES string of the molecule is N#Cc1ccc([N+](=O)[O-])c(C(=O)O)c1N. The molecule has 0 aliphatic carbocycles. The van der Waals surface area contributed by atoms with Gasteiger partial charge in [0.25, 0.3) is 5.69 Å². The highest BCUT2D eigenvalue weighted by atomic mass is 16.6. The first kappa shape index (κ1) is 10.5. The number of nitrogen functional groups attached to an aromatic ring is 1. The van der Waals surface area contributed by atoms with E-state index in [1.807, 2.05) is 0 Å². The van der Waals surface area contributed by atoms with Gasteiger partial charge in [-0.3, -0.25) is 10.1 Å². The van der Waals surface area contributed by atoms with Crippen LogP contribution < -0.4 is 5.73 Å². The fourth-order valence-corrected chi connectivity index (χ4v) is 1.08. The second kappa shape index (κ2) is 3.63. The number of anilines is 1. The Bertz CT molecular complexity index is 489. The van der Waals surface area contributed by atoms with Crippen molar-refractivity contribution in [1.82, 2.24) is 0 Å². The zero-order valence-electron chi connectivity index (χ0n) is 7.30. The Morgan fingerprint density at radius 3 is 2.60 bits per heavy atom. The molecule has 0 heterocycles. The van der Waals surface area contributed by atoms with Gasteiger partial charge in [0.05, 0.1) is 16.2 Å². The lowest BCUT2D eigenvalue weighted by atomic mass is 10.1. The minimum atomic E-state index is -1.53. The second-order valence-corrected chi connectivity index (χ2v) is 2.59. The van der Waals surface area contributed by atoms with E-state index in [1.54, 1.807) is 6.07 Å². The van der Waals surface area contributed by atoms with Crippen molar-refractivity contribution in [2.45, 2.75) is 0 Å². The van der Waals surface area contributed by atoms with Crippen molar-refractivity contribution in [2.24, 2.45) is 0 Å². The molecule has 0 unspecified atom stereocenters. The molecule has 0 saturated carbocycles. The molecule has 0 radical (unpaired) electrons. The topological polar surface area (TPSA) is 130 Å². The summed E-state index contributed by atoms with van der Waals surface area (Å²) in [6.07, 6.45) is 0. The van der Waals surface area contributed by atoms with E-state index in [-0.39, 0.29) is 11.3 Å². The van der Waals surface area contributed by atoms with Crippen LogP contribution in [0.1, 0.15) is 15.9 Å². The molecule has 15 heavy (non-hydrogen) atoms. The number of nitro groups is 1. The monoisotopic (exact) mass is 207 g/mol. The maximum absolute atomic E-state index is 10.7. The smallest absolute Gasteiger partial charge is 0.344 e. The van der Waals surface area contributed by atoms with Crippen LogP contribution in [0.5, 0.6) is 0 Å². The number of nitriles is 1. The average Bonchev–Trinajstić information content (AvgIpc) is 2.16. The van der Waals surface area contributed by atoms with E-state index < -0.39 is 22.1 Å².